The Morgan fingerprint density at radius 1 is 1.38 bits per heavy atom. The van der Waals surface area contributed by atoms with Crippen molar-refractivity contribution in [1.82, 2.24) is 0 Å². The Hall–Kier alpha value is -1.18. The van der Waals surface area contributed by atoms with Crippen LogP contribution in [-0.2, 0) is 0 Å². The van der Waals surface area contributed by atoms with Crippen molar-refractivity contribution < 1.29 is 9.84 Å². The van der Waals surface area contributed by atoms with Gasteiger partial charge in [-0.15, -0.1) is 0 Å². The summed E-state index contributed by atoms with van der Waals surface area (Å²) in [7, 11) is 0. The van der Waals surface area contributed by atoms with Gasteiger partial charge in [0.1, 0.15) is 0 Å². The van der Waals surface area contributed by atoms with Crippen LogP contribution >= 0.6 is 0 Å². The molecule has 0 heterocycles. The molecule has 1 radical (unpaired) electrons. The van der Waals surface area contributed by atoms with E-state index in [9.17, 15) is 5.11 Å². The van der Waals surface area contributed by atoms with Crippen molar-refractivity contribution in [3.63, 3.8) is 0 Å². The van der Waals surface area contributed by atoms with Crippen molar-refractivity contribution in [3.8, 4) is 11.5 Å². The second-order valence-corrected chi connectivity index (χ2v) is 3.42. The summed E-state index contributed by atoms with van der Waals surface area (Å²) in [6.45, 7) is 0. The van der Waals surface area contributed by atoms with E-state index in [1.54, 1.807) is 18.2 Å². The minimum absolute atomic E-state index is 0.214. The molecule has 1 N–H and O–H groups in total. The summed E-state index contributed by atoms with van der Waals surface area (Å²) in [5.74, 6) is 0.778. The summed E-state index contributed by atoms with van der Waals surface area (Å²) < 4.78 is 5.62. The molecule has 0 spiro atoms. The maximum Gasteiger partial charge on any atom is 0.161 e. The molecule has 1 fully saturated rings. The monoisotopic (exact) mass is 177 g/mol. The minimum Gasteiger partial charge on any atom is -0.504 e. The molecule has 2 rings (SSSR count). The second-order valence-electron chi connectivity index (χ2n) is 3.42. The van der Waals surface area contributed by atoms with E-state index >= 15 is 0 Å². The zero-order chi connectivity index (χ0) is 9.10. The van der Waals surface area contributed by atoms with Crippen molar-refractivity contribution >= 4 is 0 Å². The van der Waals surface area contributed by atoms with Gasteiger partial charge in [0, 0.05) is 0 Å². The van der Waals surface area contributed by atoms with Gasteiger partial charge in [-0.3, -0.25) is 0 Å². The maximum atomic E-state index is 9.43. The van der Waals surface area contributed by atoms with Crippen LogP contribution in [0, 0.1) is 6.07 Å². The summed E-state index contributed by atoms with van der Waals surface area (Å²) in [5, 5.41) is 9.43. The normalized spacial score (nSPS) is 17.5. The third-order valence-corrected chi connectivity index (χ3v) is 2.40. The van der Waals surface area contributed by atoms with Crippen LogP contribution < -0.4 is 4.74 Å². The van der Waals surface area contributed by atoms with Gasteiger partial charge >= 0.3 is 0 Å². The quantitative estimate of drug-likeness (QED) is 0.752. The van der Waals surface area contributed by atoms with Crippen LogP contribution in [-0.4, -0.2) is 11.2 Å². The Labute approximate surface area is 78.2 Å². The molecule has 0 atom stereocenters. The predicted molar refractivity (Wildman–Crippen MR) is 49.8 cm³/mol. The predicted octanol–water partition coefficient (Wildman–Crippen LogP) is 2.51. The zero-order valence-electron chi connectivity index (χ0n) is 7.49. The van der Waals surface area contributed by atoms with Crippen LogP contribution in [0.25, 0.3) is 0 Å². The molecule has 0 saturated heterocycles. The average Bonchev–Trinajstić information content (AvgIpc) is 2.61. The lowest BCUT2D eigenvalue weighted by molar-refractivity contribution is 0.202. The molecule has 1 aromatic carbocycles. The first-order valence-corrected chi connectivity index (χ1v) is 4.72. The van der Waals surface area contributed by atoms with Gasteiger partial charge in [0.2, 0.25) is 0 Å². The molecule has 2 nitrogen and oxygen atoms in total. The molecule has 69 valence electrons. The van der Waals surface area contributed by atoms with E-state index in [1.807, 2.05) is 0 Å². The zero-order valence-corrected chi connectivity index (χ0v) is 7.49. The molecule has 0 unspecified atom stereocenters. The van der Waals surface area contributed by atoms with Crippen LogP contribution in [0.1, 0.15) is 25.7 Å². The third-order valence-electron chi connectivity index (χ3n) is 2.40. The first kappa shape index (κ1) is 8.42. The summed E-state index contributed by atoms with van der Waals surface area (Å²) in [6.07, 6.45) is 4.98. The minimum atomic E-state index is 0.214. The van der Waals surface area contributed by atoms with E-state index in [0.717, 1.165) is 12.8 Å². The first-order valence-electron chi connectivity index (χ1n) is 4.72. The molecule has 0 aliphatic heterocycles. The van der Waals surface area contributed by atoms with Gasteiger partial charge in [0.15, 0.2) is 11.5 Å². The number of phenols is 1. The fourth-order valence-corrected chi connectivity index (χ4v) is 1.69. The molecule has 1 aliphatic carbocycles. The SMILES string of the molecule is Oc1cc[c]cc1OC1CCCC1. The molecule has 0 bridgehead atoms. The van der Waals surface area contributed by atoms with E-state index in [1.165, 1.54) is 12.8 Å². The number of hydrogen-bond donors (Lipinski definition) is 1. The lowest BCUT2D eigenvalue weighted by Crippen LogP contribution is -2.10. The summed E-state index contributed by atoms with van der Waals surface area (Å²) in [5.41, 5.74) is 0. The fraction of sp³-hybridized carbons (Fsp3) is 0.455. The number of aromatic hydroxyl groups is 1. The smallest absolute Gasteiger partial charge is 0.161 e. The van der Waals surface area contributed by atoms with Crippen LogP contribution in [0.2, 0.25) is 0 Å². The van der Waals surface area contributed by atoms with Gasteiger partial charge in [-0.1, -0.05) is 6.07 Å². The Balaban J connectivity index is 2.04. The number of ether oxygens (including phenoxy) is 1. The summed E-state index contributed by atoms with van der Waals surface area (Å²) in [6, 6.07) is 7.86. The molecular formula is C11H13O2. The standard InChI is InChI=1S/C11H13O2/c12-10-7-3-4-8-11(10)13-9-5-1-2-6-9/h3,7-9,12H,1-2,5-6H2. The topological polar surface area (TPSA) is 29.5 Å². The molecule has 2 heteroatoms. The number of benzene rings is 1. The molecule has 13 heavy (non-hydrogen) atoms. The highest BCUT2D eigenvalue weighted by molar-refractivity contribution is 5.37. The van der Waals surface area contributed by atoms with E-state index in [-0.39, 0.29) is 5.75 Å². The lowest BCUT2D eigenvalue weighted by atomic mass is 10.3. The van der Waals surface area contributed by atoms with Crippen molar-refractivity contribution in [2.24, 2.45) is 0 Å². The summed E-state index contributed by atoms with van der Waals surface area (Å²) in [4.78, 5) is 0. The second kappa shape index (κ2) is 3.69. The van der Waals surface area contributed by atoms with Crippen molar-refractivity contribution in [1.29, 1.82) is 0 Å². The Bertz CT molecular complexity index is 277. The molecular weight excluding hydrogens is 164 g/mol. The molecule has 1 aliphatic rings. The van der Waals surface area contributed by atoms with Crippen LogP contribution in [0.5, 0.6) is 11.5 Å². The fourth-order valence-electron chi connectivity index (χ4n) is 1.69. The molecule has 1 aromatic rings. The van der Waals surface area contributed by atoms with Crippen molar-refractivity contribution in [3.05, 3.63) is 24.3 Å². The largest absolute Gasteiger partial charge is 0.504 e. The Morgan fingerprint density at radius 2 is 2.15 bits per heavy atom. The van der Waals surface area contributed by atoms with Crippen LogP contribution in [0.4, 0.5) is 0 Å². The average molecular weight is 177 g/mol. The van der Waals surface area contributed by atoms with E-state index in [0.29, 0.717) is 11.9 Å². The van der Waals surface area contributed by atoms with Gasteiger partial charge in [0.05, 0.1) is 6.10 Å². The maximum absolute atomic E-state index is 9.43. The molecule has 1 saturated carbocycles. The molecule has 0 amide bonds. The van der Waals surface area contributed by atoms with Crippen molar-refractivity contribution in [2.45, 2.75) is 31.8 Å². The number of hydrogen-bond acceptors (Lipinski definition) is 2. The Morgan fingerprint density at radius 3 is 2.85 bits per heavy atom. The third kappa shape index (κ3) is 1.94. The highest BCUT2D eigenvalue weighted by atomic mass is 16.5. The highest BCUT2D eigenvalue weighted by Gasteiger charge is 2.17. The van der Waals surface area contributed by atoms with Crippen molar-refractivity contribution in [2.75, 3.05) is 0 Å². The summed E-state index contributed by atoms with van der Waals surface area (Å²) >= 11 is 0. The van der Waals surface area contributed by atoms with Gasteiger partial charge in [-0.05, 0) is 43.9 Å². The highest BCUT2D eigenvalue weighted by Crippen LogP contribution is 2.29. The van der Waals surface area contributed by atoms with Gasteiger partial charge in [0.25, 0.3) is 0 Å². The number of phenolic OH excluding ortho intramolecular Hbond substituents is 1. The van der Waals surface area contributed by atoms with Gasteiger partial charge in [-0.25, -0.2) is 0 Å². The van der Waals surface area contributed by atoms with Crippen LogP contribution in [0.3, 0.4) is 0 Å². The first-order chi connectivity index (χ1) is 6.36. The van der Waals surface area contributed by atoms with Crippen LogP contribution in [0.15, 0.2) is 18.2 Å². The number of rotatable bonds is 2. The molecule has 0 aromatic heterocycles. The lowest BCUT2D eigenvalue weighted by Gasteiger charge is -2.13. The van der Waals surface area contributed by atoms with E-state index in [2.05, 4.69) is 6.07 Å². The van der Waals surface area contributed by atoms with E-state index in [4.69, 9.17) is 4.74 Å². The Kier molecular flexibility index (Phi) is 2.39. The van der Waals surface area contributed by atoms with Gasteiger partial charge in [-0.2, -0.15) is 0 Å². The van der Waals surface area contributed by atoms with Gasteiger partial charge < -0.3 is 9.84 Å². The van der Waals surface area contributed by atoms with E-state index < -0.39 is 0 Å².